The van der Waals surface area contributed by atoms with Crippen LogP contribution in [0.5, 0.6) is 0 Å². The lowest BCUT2D eigenvalue weighted by Gasteiger charge is -2.18. The standard InChI is InChI=1S/C25H48O9/c1-2-3-4-5-6-7-8-9-10-11-12-13-14-15-16-23(24(30)32-19-21(28)17-26)34-25(31)33-20-22(29)18-27/h21-23,26-29H,2-20H2,1H3. The van der Waals surface area contributed by atoms with Crippen LogP contribution >= 0.6 is 0 Å². The second-order valence-corrected chi connectivity index (χ2v) is 8.86. The van der Waals surface area contributed by atoms with Gasteiger partial charge in [0.25, 0.3) is 0 Å². The largest absolute Gasteiger partial charge is 0.509 e. The van der Waals surface area contributed by atoms with E-state index in [1.54, 1.807) is 0 Å². The van der Waals surface area contributed by atoms with Gasteiger partial charge in [-0.05, 0) is 12.8 Å². The van der Waals surface area contributed by atoms with E-state index in [1.807, 2.05) is 0 Å². The smallest absolute Gasteiger partial charge is 0.460 e. The van der Waals surface area contributed by atoms with Crippen molar-refractivity contribution in [1.82, 2.24) is 0 Å². The Morgan fingerprint density at radius 2 is 1.06 bits per heavy atom. The number of ether oxygens (including phenoxy) is 3. The second kappa shape index (κ2) is 23.3. The summed E-state index contributed by atoms with van der Waals surface area (Å²) in [6.45, 7) is 0.236. The van der Waals surface area contributed by atoms with E-state index < -0.39 is 56.9 Å². The fraction of sp³-hybridized carbons (Fsp3) is 0.920. The second-order valence-electron chi connectivity index (χ2n) is 8.86. The van der Waals surface area contributed by atoms with Gasteiger partial charge in [0.2, 0.25) is 6.10 Å². The highest BCUT2D eigenvalue weighted by Gasteiger charge is 2.26. The van der Waals surface area contributed by atoms with Crippen molar-refractivity contribution in [2.24, 2.45) is 0 Å². The Labute approximate surface area is 204 Å². The lowest BCUT2D eigenvalue weighted by atomic mass is 10.0. The number of rotatable bonds is 23. The normalized spacial score (nSPS) is 13.8. The molecular weight excluding hydrogens is 444 g/mol. The van der Waals surface area contributed by atoms with E-state index in [9.17, 15) is 19.8 Å². The minimum Gasteiger partial charge on any atom is -0.460 e. The maximum absolute atomic E-state index is 12.2. The van der Waals surface area contributed by atoms with Crippen LogP contribution in [0.3, 0.4) is 0 Å². The summed E-state index contributed by atoms with van der Waals surface area (Å²) < 4.78 is 14.6. The van der Waals surface area contributed by atoms with Gasteiger partial charge >= 0.3 is 12.1 Å². The Balaban J connectivity index is 4.06. The van der Waals surface area contributed by atoms with E-state index in [1.165, 1.54) is 64.2 Å². The Kier molecular flexibility index (Phi) is 22.4. The quantitative estimate of drug-likeness (QED) is 0.124. The molecule has 0 aromatic rings. The molecule has 4 N–H and O–H groups in total. The zero-order valence-electron chi connectivity index (χ0n) is 21.0. The van der Waals surface area contributed by atoms with Crippen LogP contribution in [0.2, 0.25) is 0 Å². The van der Waals surface area contributed by atoms with Crippen molar-refractivity contribution in [1.29, 1.82) is 0 Å². The first-order valence-corrected chi connectivity index (χ1v) is 13.0. The van der Waals surface area contributed by atoms with E-state index in [4.69, 9.17) is 19.7 Å². The minimum absolute atomic E-state index is 0.240. The summed E-state index contributed by atoms with van der Waals surface area (Å²) in [5.74, 6) is -0.832. The first kappa shape index (κ1) is 32.6. The molecule has 202 valence electrons. The highest BCUT2D eigenvalue weighted by Crippen LogP contribution is 2.15. The van der Waals surface area contributed by atoms with Gasteiger partial charge in [0.1, 0.15) is 25.4 Å². The van der Waals surface area contributed by atoms with Crippen LogP contribution < -0.4 is 0 Å². The van der Waals surface area contributed by atoms with Crippen molar-refractivity contribution in [3.8, 4) is 0 Å². The molecule has 9 nitrogen and oxygen atoms in total. The van der Waals surface area contributed by atoms with Gasteiger partial charge in [0.15, 0.2) is 0 Å². The van der Waals surface area contributed by atoms with Crippen molar-refractivity contribution in [3.05, 3.63) is 0 Å². The number of hydrogen-bond acceptors (Lipinski definition) is 9. The first-order valence-electron chi connectivity index (χ1n) is 13.0. The average molecular weight is 493 g/mol. The summed E-state index contributed by atoms with van der Waals surface area (Å²) in [5.41, 5.74) is 0. The fourth-order valence-corrected chi connectivity index (χ4v) is 3.44. The summed E-state index contributed by atoms with van der Waals surface area (Å²) in [4.78, 5) is 24.0. The van der Waals surface area contributed by atoms with Crippen LogP contribution in [0, 0.1) is 0 Å². The van der Waals surface area contributed by atoms with E-state index in [-0.39, 0.29) is 6.42 Å². The molecule has 0 saturated carbocycles. The molecule has 34 heavy (non-hydrogen) atoms. The fourth-order valence-electron chi connectivity index (χ4n) is 3.44. The van der Waals surface area contributed by atoms with Crippen LogP contribution in [0.15, 0.2) is 0 Å². The summed E-state index contributed by atoms with van der Waals surface area (Å²) in [7, 11) is 0. The van der Waals surface area contributed by atoms with Crippen LogP contribution in [0.25, 0.3) is 0 Å². The average Bonchev–Trinajstić information content (AvgIpc) is 2.84. The number of esters is 1. The number of carbonyl (C=O) groups is 2. The van der Waals surface area contributed by atoms with Gasteiger partial charge in [-0.25, -0.2) is 9.59 Å². The molecule has 0 aromatic heterocycles. The predicted octanol–water partition coefficient (Wildman–Crippen LogP) is 3.63. The number of aliphatic hydroxyl groups is 4. The molecule has 0 radical (unpaired) electrons. The third kappa shape index (κ3) is 20.0. The van der Waals surface area contributed by atoms with Crippen LogP contribution in [-0.4, -0.2) is 77.3 Å². The Hall–Kier alpha value is -1.42. The molecule has 0 aliphatic heterocycles. The molecule has 0 fully saturated rings. The first-order chi connectivity index (χ1) is 16.4. The van der Waals surface area contributed by atoms with Gasteiger partial charge in [-0.2, -0.15) is 0 Å². The Bertz CT molecular complexity index is 487. The summed E-state index contributed by atoms with van der Waals surface area (Å²) in [6, 6.07) is 0. The molecule has 9 heteroatoms. The molecule has 0 spiro atoms. The van der Waals surface area contributed by atoms with E-state index in [0.29, 0.717) is 6.42 Å². The monoisotopic (exact) mass is 492 g/mol. The van der Waals surface area contributed by atoms with E-state index in [0.717, 1.165) is 19.3 Å². The van der Waals surface area contributed by atoms with Gasteiger partial charge in [-0.1, -0.05) is 90.4 Å². The summed E-state index contributed by atoms with van der Waals surface area (Å²) >= 11 is 0. The van der Waals surface area contributed by atoms with Crippen molar-refractivity contribution in [2.45, 2.75) is 122 Å². The maximum atomic E-state index is 12.2. The molecule has 0 heterocycles. The summed E-state index contributed by atoms with van der Waals surface area (Å²) in [5, 5.41) is 36.2. The van der Waals surface area contributed by atoms with Gasteiger partial charge in [0.05, 0.1) is 13.2 Å². The maximum Gasteiger partial charge on any atom is 0.509 e. The van der Waals surface area contributed by atoms with Crippen molar-refractivity contribution < 1.29 is 44.2 Å². The van der Waals surface area contributed by atoms with Gasteiger partial charge < -0.3 is 34.6 Å². The zero-order chi connectivity index (χ0) is 25.4. The Morgan fingerprint density at radius 3 is 1.50 bits per heavy atom. The predicted molar refractivity (Wildman–Crippen MR) is 128 cm³/mol. The topological polar surface area (TPSA) is 143 Å². The lowest BCUT2D eigenvalue weighted by Crippen LogP contribution is -2.33. The van der Waals surface area contributed by atoms with Gasteiger partial charge in [-0.3, -0.25) is 0 Å². The highest BCUT2D eigenvalue weighted by molar-refractivity contribution is 5.77. The van der Waals surface area contributed by atoms with Crippen LogP contribution in [0.4, 0.5) is 4.79 Å². The van der Waals surface area contributed by atoms with Gasteiger partial charge in [0, 0.05) is 0 Å². The molecule has 3 unspecified atom stereocenters. The van der Waals surface area contributed by atoms with Crippen molar-refractivity contribution in [3.63, 3.8) is 0 Å². The molecule has 3 atom stereocenters. The molecule has 0 amide bonds. The van der Waals surface area contributed by atoms with Crippen LogP contribution in [0.1, 0.15) is 103 Å². The third-order valence-electron chi connectivity index (χ3n) is 5.55. The van der Waals surface area contributed by atoms with Crippen molar-refractivity contribution in [2.75, 3.05) is 26.4 Å². The van der Waals surface area contributed by atoms with Gasteiger partial charge in [-0.15, -0.1) is 0 Å². The number of unbranched alkanes of at least 4 members (excludes halogenated alkanes) is 13. The molecule has 0 rings (SSSR count). The molecule has 0 aromatic carbocycles. The molecule has 0 bridgehead atoms. The van der Waals surface area contributed by atoms with E-state index in [2.05, 4.69) is 11.7 Å². The minimum atomic E-state index is -1.23. The summed E-state index contributed by atoms with van der Waals surface area (Å²) in [6.07, 6.45) is 12.2. The van der Waals surface area contributed by atoms with Crippen molar-refractivity contribution >= 4 is 12.1 Å². The molecule has 0 saturated heterocycles. The molecular formula is C25H48O9. The Morgan fingerprint density at radius 1 is 0.647 bits per heavy atom. The van der Waals surface area contributed by atoms with E-state index >= 15 is 0 Å². The van der Waals surface area contributed by atoms with Crippen LogP contribution in [-0.2, 0) is 19.0 Å². The highest BCUT2D eigenvalue weighted by atomic mass is 16.7. The molecule has 0 aliphatic carbocycles. The number of carbonyl (C=O) groups excluding carboxylic acids is 2. The lowest BCUT2D eigenvalue weighted by molar-refractivity contribution is -0.159. The SMILES string of the molecule is CCCCCCCCCCCCCCCCC(OC(=O)OCC(O)CO)C(=O)OCC(O)CO. The third-order valence-corrected chi connectivity index (χ3v) is 5.55. The molecule has 0 aliphatic rings. The number of aliphatic hydroxyl groups excluding tert-OH is 4. The zero-order valence-corrected chi connectivity index (χ0v) is 21.0. The number of hydrogen-bond donors (Lipinski definition) is 4.